The number of fused-ring (bicyclic) bond motifs is 5. The van der Waals surface area contributed by atoms with Crippen LogP contribution >= 0.6 is 42.9 Å². The maximum Gasteiger partial charge on any atom is 0.358 e. The van der Waals surface area contributed by atoms with Gasteiger partial charge in [-0.3, -0.25) is 4.57 Å². The van der Waals surface area contributed by atoms with Gasteiger partial charge < -0.3 is 9.05 Å². The molecular weight excluding hydrogens is 415 g/mol. The van der Waals surface area contributed by atoms with Gasteiger partial charge in [0.15, 0.2) is 3.82 Å². The Morgan fingerprint density at radius 1 is 0.963 bits per heavy atom. The van der Waals surface area contributed by atoms with E-state index in [0.717, 1.165) is 5.08 Å². The molecule has 1 saturated heterocycles. The van der Waals surface area contributed by atoms with Crippen LogP contribution in [0.5, 0.6) is 0 Å². The standard InChI is InChI=1S/C20H23O3PS3/c1-4-22-24(21,23-5-2)20(25-3)19(26-14-27-20)17-12-8-6-10-15(17)16-11-7-9-13-18(16)19/h6-13H,4-5,14H2,1-3H3. The molecule has 7 heteroatoms. The molecule has 1 aliphatic heterocycles. The van der Waals surface area contributed by atoms with Crippen molar-refractivity contribution in [2.24, 2.45) is 0 Å². The van der Waals surface area contributed by atoms with Crippen LogP contribution in [0.15, 0.2) is 48.5 Å². The first kappa shape index (κ1) is 19.9. The molecule has 2 aliphatic rings. The van der Waals surface area contributed by atoms with Crippen molar-refractivity contribution in [3.8, 4) is 11.1 Å². The van der Waals surface area contributed by atoms with Crippen molar-refractivity contribution < 1.29 is 13.6 Å². The molecule has 0 saturated carbocycles. The van der Waals surface area contributed by atoms with E-state index in [1.165, 1.54) is 22.3 Å². The summed E-state index contributed by atoms with van der Waals surface area (Å²) in [6.45, 7) is 4.50. The molecular formula is C20H23O3PS3. The first-order chi connectivity index (χ1) is 13.1. The normalized spacial score (nSPS) is 22.8. The van der Waals surface area contributed by atoms with Gasteiger partial charge in [0.25, 0.3) is 0 Å². The molecule has 2 aromatic carbocycles. The zero-order chi connectivity index (χ0) is 19.1. The van der Waals surface area contributed by atoms with Gasteiger partial charge in [-0.05, 0) is 42.4 Å². The van der Waals surface area contributed by atoms with Crippen molar-refractivity contribution in [3.05, 3.63) is 59.7 Å². The summed E-state index contributed by atoms with van der Waals surface area (Å²) in [5.41, 5.74) is 4.88. The predicted octanol–water partition coefficient (Wildman–Crippen LogP) is 6.63. The lowest BCUT2D eigenvalue weighted by molar-refractivity contribution is 0.213. The Balaban J connectivity index is 2.05. The van der Waals surface area contributed by atoms with Crippen LogP contribution in [0.3, 0.4) is 0 Å². The molecule has 0 bridgehead atoms. The molecule has 144 valence electrons. The fourth-order valence-corrected chi connectivity index (χ4v) is 14.1. The van der Waals surface area contributed by atoms with Gasteiger partial charge in [0.05, 0.1) is 13.2 Å². The first-order valence-electron chi connectivity index (χ1n) is 9.02. The molecule has 1 spiro atoms. The van der Waals surface area contributed by atoms with E-state index in [9.17, 15) is 4.57 Å². The van der Waals surface area contributed by atoms with Crippen molar-refractivity contribution >= 4 is 42.9 Å². The van der Waals surface area contributed by atoms with Gasteiger partial charge in [-0.15, -0.1) is 35.3 Å². The first-order valence-corrected chi connectivity index (χ1v) is 13.8. The van der Waals surface area contributed by atoms with Crippen molar-refractivity contribution in [2.45, 2.75) is 22.4 Å². The lowest BCUT2D eigenvalue weighted by Crippen LogP contribution is -2.41. The van der Waals surface area contributed by atoms with E-state index >= 15 is 0 Å². The Morgan fingerprint density at radius 3 is 1.96 bits per heavy atom. The van der Waals surface area contributed by atoms with E-state index in [4.69, 9.17) is 9.05 Å². The molecule has 0 N–H and O–H groups in total. The fraction of sp³-hybridized carbons (Fsp3) is 0.400. The topological polar surface area (TPSA) is 35.5 Å². The zero-order valence-corrected chi connectivity index (χ0v) is 19.0. The third-order valence-electron chi connectivity index (χ3n) is 5.11. The van der Waals surface area contributed by atoms with Crippen molar-refractivity contribution in [2.75, 3.05) is 24.6 Å². The number of thioether (sulfide) groups is 3. The monoisotopic (exact) mass is 438 g/mol. The summed E-state index contributed by atoms with van der Waals surface area (Å²) in [7, 11) is -3.42. The number of benzene rings is 2. The van der Waals surface area contributed by atoms with E-state index in [2.05, 4.69) is 48.5 Å². The van der Waals surface area contributed by atoms with Crippen LogP contribution in [-0.4, -0.2) is 28.4 Å². The molecule has 27 heavy (non-hydrogen) atoms. The van der Waals surface area contributed by atoms with Crippen LogP contribution in [-0.2, 0) is 18.4 Å². The lowest BCUT2D eigenvalue weighted by Gasteiger charge is -2.44. The van der Waals surface area contributed by atoms with Gasteiger partial charge in [0.1, 0.15) is 4.75 Å². The molecule has 1 atom stereocenters. The summed E-state index contributed by atoms with van der Waals surface area (Å²) >= 11 is 5.19. The third kappa shape index (κ3) is 2.57. The zero-order valence-electron chi connectivity index (χ0n) is 15.6. The summed E-state index contributed by atoms with van der Waals surface area (Å²) in [6, 6.07) is 17.0. The quantitative estimate of drug-likeness (QED) is 0.471. The molecule has 0 radical (unpaired) electrons. The maximum absolute atomic E-state index is 14.2. The van der Waals surface area contributed by atoms with Gasteiger partial charge in [-0.1, -0.05) is 48.5 Å². The Bertz CT molecular complexity index is 848. The number of hydrogen-bond donors (Lipinski definition) is 0. The van der Waals surface area contributed by atoms with Crippen LogP contribution < -0.4 is 0 Å². The molecule has 1 aliphatic carbocycles. The summed E-state index contributed by atoms with van der Waals surface area (Å²) in [6.07, 6.45) is 2.04. The molecule has 1 fully saturated rings. The average Bonchev–Trinajstić information content (AvgIpc) is 3.22. The summed E-state index contributed by atoms with van der Waals surface area (Å²) in [4.78, 5) is 0. The van der Waals surface area contributed by atoms with Gasteiger partial charge in [-0.2, -0.15) is 0 Å². The number of rotatable bonds is 6. The second-order valence-corrected chi connectivity index (χ2v) is 13.1. The van der Waals surface area contributed by atoms with Gasteiger partial charge in [-0.25, -0.2) is 0 Å². The summed E-state index contributed by atoms with van der Waals surface area (Å²) in [5.74, 6) is 0. The minimum atomic E-state index is -3.42. The van der Waals surface area contributed by atoms with Crippen molar-refractivity contribution in [1.82, 2.24) is 0 Å². The van der Waals surface area contributed by atoms with Crippen LogP contribution in [0.25, 0.3) is 11.1 Å². The van der Waals surface area contributed by atoms with Crippen LogP contribution in [0, 0.1) is 0 Å². The van der Waals surface area contributed by atoms with Crippen LogP contribution in [0.2, 0.25) is 0 Å². The van der Waals surface area contributed by atoms with E-state index in [-0.39, 0.29) is 0 Å². The lowest BCUT2D eigenvalue weighted by atomic mass is 9.97. The van der Waals surface area contributed by atoms with E-state index < -0.39 is 16.2 Å². The fourth-order valence-electron chi connectivity index (χ4n) is 4.21. The highest BCUT2D eigenvalue weighted by molar-refractivity contribution is 8.33. The third-order valence-corrected chi connectivity index (χ3v) is 14.6. The SMILES string of the molecule is CCOP(=O)(OCC)C1(SC)SCSC12c1ccccc1-c1ccccc12. The van der Waals surface area contributed by atoms with E-state index in [1.807, 2.05) is 31.9 Å². The predicted molar refractivity (Wildman–Crippen MR) is 120 cm³/mol. The van der Waals surface area contributed by atoms with Crippen molar-refractivity contribution in [1.29, 1.82) is 0 Å². The highest BCUT2D eigenvalue weighted by Gasteiger charge is 2.71. The largest absolute Gasteiger partial charge is 0.358 e. The molecule has 2 aromatic rings. The molecule has 1 unspecified atom stereocenters. The van der Waals surface area contributed by atoms with Gasteiger partial charge >= 0.3 is 7.60 Å². The molecule has 4 rings (SSSR count). The Morgan fingerprint density at radius 2 is 1.48 bits per heavy atom. The highest BCUT2D eigenvalue weighted by atomic mass is 32.2. The summed E-state index contributed by atoms with van der Waals surface area (Å²) in [5, 5.41) is 0.841. The highest BCUT2D eigenvalue weighted by Crippen LogP contribution is 2.84. The van der Waals surface area contributed by atoms with Crippen LogP contribution in [0.1, 0.15) is 25.0 Å². The Kier molecular flexibility index (Phi) is 5.52. The second kappa shape index (κ2) is 7.47. The molecule has 0 amide bonds. The number of hydrogen-bond acceptors (Lipinski definition) is 6. The Hall–Kier alpha value is -0.360. The Labute approximate surface area is 173 Å². The van der Waals surface area contributed by atoms with E-state index in [1.54, 1.807) is 23.5 Å². The summed E-state index contributed by atoms with van der Waals surface area (Å²) < 4.78 is 24.9. The minimum Gasteiger partial charge on any atom is -0.307 e. The maximum atomic E-state index is 14.2. The van der Waals surface area contributed by atoms with Crippen molar-refractivity contribution in [3.63, 3.8) is 0 Å². The molecule has 0 aromatic heterocycles. The van der Waals surface area contributed by atoms with Gasteiger partial charge in [0.2, 0.25) is 0 Å². The molecule has 3 nitrogen and oxygen atoms in total. The smallest absolute Gasteiger partial charge is 0.307 e. The molecule has 1 heterocycles. The van der Waals surface area contributed by atoms with Gasteiger partial charge in [0, 0.05) is 5.08 Å². The average molecular weight is 439 g/mol. The minimum absolute atomic E-state index is 0.365. The second-order valence-electron chi connectivity index (χ2n) is 6.30. The van der Waals surface area contributed by atoms with Crippen LogP contribution in [0.4, 0.5) is 0 Å². The van der Waals surface area contributed by atoms with E-state index in [0.29, 0.717) is 13.2 Å².